The summed E-state index contributed by atoms with van der Waals surface area (Å²) in [5.41, 5.74) is 2.21. The van der Waals surface area contributed by atoms with Crippen LogP contribution in [0.2, 0.25) is 0 Å². The van der Waals surface area contributed by atoms with Crippen molar-refractivity contribution in [2.45, 2.75) is 0 Å². The van der Waals surface area contributed by atoms with Crippen LogP contribution in [-0.4, -0.2) is 11.7 Å². The molecule has 12 heavy (non-hydrogen) atoms. The minimum absolute atomic E-state index is 0.577. The quantitative estimate of drug-likeness (QED) is 0.617. The summed E-state index contributed by atoms with van der Waals surface area (Å²) in [6, 6.07) is 6.10. The Balaban J connectivity index is 2.46. The van der Waals surface area contributed by atoms with Gasteiger partial charge in [0.2, 0.25) is 0 Å². The minimum atomic E-state index is 0.577. The normalized spacial score (nSPS) is 14.0. The fraction of sp³-hybridized carbons (Fsp3) is 0.111. The lowest BCUT2D eigenvalue weighted by Crippen LogP contribution is -1.96. The maximum atomic E-state index is 5.34. The summed E-state index contributed by atoms with van der Waals surface area (Å²) in [6.07, 6.45) is 1.94. The van der Waals surface area contributed by atoms with E-state index in [9.17, 15) is 0 Å². The molecule has 0 bridgehead atoms. The second kappa shape index (κ2) is 1.94. The SMILES string of the molecule is c1cc2ccc3c(c2[nH]1)NCO3. The molecule has 1 aromatic carbocycles. The van der Waals surface area contributed by atoms with Gasteiger partial charge < -0.3 is 15.0 Å². The first-order valence-corrected chi connectivity index (χ1v) is 3.92. The maximum absolute atomic E-state index is 5.34. The van der Waals surface area contributed by atoms with E-state index >= 15 is 0 Å². The van der Waals surface area contributed by atoms with Gasteiger partial charge in [0, 0.05) is 11.6 Å². The Morgan fingerprint density at radius 1 is 1.25 bits per heavy atom. The number of aromatic nitrogens is 1. The monoisotopic (exact) mass is 160 g/mol. The van der Waals surface area contributed by atoms with Crippen LogP contribution in [0, 0.1) is 0 Å². The van der Waals surface area contributed by atoms with Crippen molar-refractivity contribution < 1.29 is 4.74 Å². The number of rotatable bonds is 0. The van der Waals surface area contributed by atoms with Crippen molar-refractivity contribution in [3.05, 3.63) is 24.4 Å². The fourth-order valence-corrected chi connectivity index (χ4v) is 1.59. The van der Waals surface area contributed by atoms with Gasteiger partial charge in [-0.15, -0.1) is 0 Å². The van der Waals surface area contributed by atoms with Gasteiger partial charge >= 0.3 is 0 Å². The molecule has 0 spiro atoms. The van der Waals surface area contributed by atoms with Gasteiger partial charge in [-0.05, 0) is 18.2 Å². The lowest BCUT2D eigenvalue weighted by Gasteiger charge is -1.97. The van der Waals surface area contributed by atoms with Crippen molar-refractivity contribution in [3.8, 4) is 5.75 Å². The molecule has 0 saturated carbocycles. The lowest BCUT2D eigenvalue weighted by molar-refractivity contribution is 0.372. The number of aromatic amines is 1. The van der Waals surface area contributed by atoms with Gasteiger partial charge in [-0.3, -0.25) is 0 Å². The molecule has 3 rings (SSSR count). The summed E-state index contributed by atoms with van der Waals surface area (Å²) in [7, 11) is 0. The van der Waals surface area contributed by atoms with Crippen molar-refractivity contribution >= 4 is 16.6 Å². The zero-order valence-electron chi connectivity index (χ0n) is 6.42. The van der Waals surface area contributed by atoms with Crippen LogP contribution in [0.5, 0.6) is 5.75 Å². The molecular weight excluding hydrogens is 152 g/mol. The first-order valence-electron chi connectivity index (χ1n) is 3.92. The highest BCUT2D eigenvalue weighted by molar-refractivity contribution is 5.94. The molecule has 3 nitrogen and oxygen atoms in total. The predicted molar refractivity (Wildman–Crippen MR) is 47.4 cm³/mol. The molecule has 2 aromatic rings. The van der Waals surface area contributed by atoms with E-state index in [2.05, 4.69) is 22.4 Å². The topological polar surface area (TPSA) is 37.0 Å². The van der Waals surface area contributed by atoms with Crippen LogP contribution in [0.25, 0.3) is 10.9 Å². The Kier molecular flexibility index (Phi) is 0.961. The van der Waals surface area contributed by atoms with Gasteiger partial charge in [0.15, 0.2) is 6.73 Å². The van der Waals surface area contributed by atoms with E-state index in [0.29, 0.717) is 6.73 Å². The second-order valence-electron chi connectivity index (χ2n) is 2.85. The van der Waals surface area contributed by atoms with Gasteiger partial charge in [0.1, 0.15) is 11.4 Å². The predicted octanol–water partition coefficient (Wildman–Crippen LogP) is 1.93. The van der Waals surface area contributed by atoms with Crippen LogP contribution in [0.15, 0.2) is 24.4 Å². The van der Waals surface area contributed by atoms with Crippen LogP contribution >= 0.6 is 0 Å². The molecule has 0 atom stereocenters. The zero-order valence-corrected chi connectivity index (χ0v) is 6.42. The Morgan fingerprint density at radius 3 is 3.25 bits per heavy atom. The van der Waals surface area contributed by atoms with Crippen LogP contribution in [-0.2, 0) is 0 Å². The molecule has 60 valence electrons. The average Bonchev–Trinajstić information content (AvgIpc) is 2.71. The molecule has 1 aliphatic rings. The summed E-state index contributed by atoms with van der Waals surface area (Å²) in [4.78, 5) is 3.18. The largest absolute Gasteiger partial charge is 0.471 e. The Bertz CT molecular complexity index is 433. The number of ether oxygens (including phenoxy) is 1. The number of hydrogen-bond donors (Lipinski definition) is 2. The summed E-state index contributed by atoms with van der Waals surface area (Å²) in [5, 5.41) is 4.39. The smallest absolute Gasteiger partial charge is 0.159 e. The van der Waals surface area contributed by atoms with Gasteiger partial charge in [-0.25, -0.2) is 0 Å². The first kappa shape index (κ1) is 5.94. The van der Waals surface area contributed by atoms with E-state index < -0.39 is 0 Å². The van der Waals surface area contributed by atoms with E-state index in [1.165, 1.54) is 5.39 Å². The zero-order chi connectivity index (χ0) is 7.97. The number of hydrogen-bond acceptors (Lipinski definition) is 2. The van der Waals surface area contributed by atoms with Crippen LogP contribution < -0.4 is 10.1 Å². The number of nitrogens with one attached hydrogen (secondary N) is 2. The molecule has 0 amide bonds. The first-order chi connectivity index (χ1) is 5.95. The van der Waals surface area contributed by atoms with Crippen molar-refractivity contribution in [1.29, 1.82) is 0 Å². The van der Waals surface area contributed by atoms with Gasteiger partial charge in [0.05, 0.1) is 5.52 Å². The second-order valence-corrected chi connectivity index (χ2v) is 2.85. The molecule has 1 aliphatic heterocycles. The molecular formula is C9H8N2O. The molecule has 1 aromatic heterocycles. The minimum Gasteiger partial charge on any atom is -0.471 e. The number of anilines is 1. The highest BCUT2D eigenvalue weighted by Gasteiger charge is 2.14. The summed E-state index contributed by atoms with van der Waals surface area (Å²) in [5.74, 6) is 0.935. The standard InChI is InChI=1S/C9H8N2O/c1-2-7-9(11-5-12-7)8-6(1)3-4-10-8/h1-4,10-11H,5H2. The number of fused-ring (bicyclic) bond motifs is 3. The van der Waals surface area contributed by atoms with E-state index in [0.717, 1.165) is 17.0 Å². The maximum Gasteiger partial charge on any atom is 0.159 e. The lowest BCUT2D eigenvalue weighted by atomic mass is 10.2. The Hall–Kier alpha value is -1.64. The van der Waals surface area contributed by atoms with E-state index in [-0.39, 0.29) is 0 Å². The van der Waals surface area contributed by atoms with Crippen molar-refractivity contribution in [3.63, 3.8) is 0 Å². The molecule has 0 unspecified atom stereocenters. The van der Waals surface area contributed by atoms with Crippen LogP contribution in [0.4, 0.5) is 5.69 Å². The third-order valence-corrected chi connectivity index (χ3v) is 2.17. The van der Waals surface area contributed by atoms with E-state index in [1.807, 2.05) is 12.3 Å². The van der Waals surface area contributed by atoms with Gasteiger partial charge in [-0.1, -0.05) is 0 Å². The Labute approximate surface area is 69.3 Å². The van der Waals surface area contributed by atoms with Gasteiger partial charge in [-0.2, -0.15) is 0 Å². The van der Waals surface area contributed by atoms with E-state index in [4.69, 9.17) is 4.74 Å². The molecule has 0 saturated heterocycles. The number of H-pyrrole nitrogens is 1. The van der Waals surface area contributed by atoms with Gasteiger partial charge in [0.25, 0.3) is 0 Å². The van der Waals surface area contributed by atoms with Crippen molar-refractivity contribution in [1.82, 2.24) is 4.98 Å². The fourth-order valence-electron chi connectivity index (χ4n) is 1.59. The van der Waals surface area contributed by atoms with Crippen LogP contribution in [0.3, 0.4) is 0 Å². The Morgan fingerprint density at radius 2 is 2.25 bits per heavy atom. The van der Waals surface area contributed by atoms with Crippen molar-refractivity contribution in [2.75, 3.05) is 12.0 Å². The van der Waals surface area contributed by atoms with Crippen molar-refractivity contribution in [2.24, 2.45) is 0 Å². The molecule has 0 fully saturated rings. The molecule has 2 N–H and O–H groups in total. The molecule has 3 heteroatoms. The highest BCUT2D eigenvalue weighted by atomic mass is 16.5. The summed E-state index contributed by atoms with van der Waals surface area (Å²) in [6.45, 7) is 0.577. The molecule has 0 aliphatic carbocycles. The van der Waals surface area contributed by atoms with Crippen LogP contribution in [0.1, 0.15) is 0 Å². The third-order valence-electron chi connectivity index (χ3n) is 2.17. The number of benzene rings is 1. The summed E-state index contributed by atoms with van der Waals surface area (Å²) >= 11 is 0. The molecule has 2 heterocycles. The third kappa shape index (κ3) is 0.605. The average molecular weight is 160 g/mol. The van der Waals surface area contributed by atoms with E-state index in [1.54, 1.807) is 0 Å². The summed E-state index contributed by atoms with van der Waals surface area (Å²) < 4.78 is 5.34. The highest BCUT2D eigenvalue weighted by Crippen LogP contribution is 2.35. The molecule has 0 radical (unpaired) electrons.